The van der Waals surface area contributed by atoms with E-state index in [1.807, 2.05) is 32.7 Å². The quantitative estimate of drug-likeness (QED) is 0.856. The molecule has 1 fully saturated rings. The number of nitrogens with zero attached hydrogens (tertiary/aromatic N) is 1. The van der Waals surface area contributed by atoms with Gasteiger partial charge in [-0.15, -0.1) is 0 Å². The summed E-state index contributed by atoms with van der Waals surface area (Å²) in [5.74, 6) is 0. The van der Waals surface area contributed by atoms with E-state index in [0.29, 0.717) is 6.04 Å². The maximum atomic E-state index is 12.4. The monoisotopic (exact) mass is 270 g/mol. The second-order valence-corrected chi connectivity index (χ2v) is 6.47. The number of hydrogen-bond acceptors (Lipinski definition) is 3. The SMILES string of the molecule is CC[C@@H]1CC(NC)C[C@H](CC)N1C(=O)OC(C)(C)C. The largest absolute Gasteiger partial charge is 0.444 e. The summed E-state index contributed by atoms with van der Waals surface area (Å²) in [7, 11) is 2.01. The molecule has 1 N–H and O–H groups in total. The van der Waals surface area contributed by atoms with Crippen molar-refractivity contribution in [1.82, 2.24) is 10.2 Å². The van der Waals surface area contributed by atoms with Crippen LogP contribution in [0.3, 0.4) is 0 Å². The lowest BCUT2D eigenvalue weighted by molar-refractivity contribution is -0.0107. The first kappa shape index (κ1) is 16.3. The maximum Gasteiger partial charge on any atom is 0.410 e. The van der Waals surface area contributed by atoms with Crippen LogP contribution >= 0.6 is 0 Å². The van der Waals surface area contributed by atoms with Crippen LogP contribution in [0.2, 0.25) is 0 Å². The van der Waals surface area contributed by atoms with Crippen molar-refractivity contribution in [3.05, 3.63) is 0 Å². The molecule has 1 rings (SSSR count). The molecular weight excluding hydrogens is 240 g/mol. The molecule has 1 saturated heterocycles. The van der Waals surface area contributed by atoms with E-state index in [9.17, 15) is 4.79 Å². The summed E-state index contributed by atoms with van der Waals surface area (Å²) < 4.78 is 5.58. The summed E-state index contributed by atoms with van der Waals surface area (Å²) in [5.41, 5.74) is -0.423. The number of hydrogen-bond donors (Lipinski definition) is 1. The van der Waals surface area contributed by atoms with Gasteiger partial charge in [0.25, 0.3) is 0 Å². The zero-order valence-corrected chi connectivity index (χ0v) is 13.3. The Balaban J connectivity index is 2.84. The van der Waals surface area contributed by atoms with E-state index in [4.69, 9.17) is 4.74 Å². The molecule has 3 atom stereocenters. The normalized spacial score (nSPS) is 28.3. The molecule has 0 aromatic rings. The first-order chi connectivity index (χ1) is 8.82. The van der Waals surface area contributed by atoms with Crippen LogP contribution in [0.25, 0.3) is 0 Å². The van der Waals surface area contributed by atoms with Crippen LogP contribution in [0.5, 0.6) is 0 Å². The van der Waals surface area contributed by atoms with Gasteiger partial charge in [0, 0.05) is 18.1 Å². The third-order valence-electron chi connectivity index (χ3n) is 3.86. The van der Waals surface area contributed by atoms with Crippen molar-refractivity contribution in [3.8, 4) is 0 Å². The van der Waals surface area contributed by atoms with E-state index in [1.54, 1.807) is 0 Å². The van der Waals surface area contributed by atoms with Crippen molar-refractivity contribution >= 4 is 6.09 Å². The lowest BCUT2D eigenvalue weighted by atomic mass is 9.89. The van der Waals surface area contributed by atoms with Gasteiger partial charge in [-0.25, -0.2) is 4.79 Å². The van der Waals surface area contributed by atoms with Gasteiger partial charge in [-0.1, -0.05) is 13.8 Å². The number of amides is 1. The molecule has 1 unspecified atom stereocenters. The summed E-state index contributed by atoms with van der Waals surface area (Å²) in [6, 6.07) is 1.07. The Hall–Kier alpha value is -0.770. The van der Waals surface area contributed by atoms with Gasteiger partial charge in [-0.2, -0.15) is 0 Å². The third-order valence-corrected chi connectivity index (χ3v) is 3.86. The molecule has 19 heavy (non-hydrogen) atoms. The highest BCUT2D eigenvalue weighted by Gasteiger charge is 2.38. The molecule has 0 radical (unpaired) electrons. The fraction of sp³-hybridized carbons (Fsp3) is 0.933. The topological polar surface area (TPSA) is 41.6 Å². The second kappa shape index (κ2) is 6.60. The first-order valence-electron chi connectivity index (χ1n) is 7.50. The highest BCUT2D eigenvalue weighted by molar-refractivity contribution is 5.69. The predicted molar refractivity (Wildman–Crippen MR) is 78.3 cm³/mol. The Bertz CT molecular complexity index is 285. The summed E-state index contributed by atoms with van der Waals surface area (Å²) in [4.78, 5) is 14.4. The zero-order chi connectivity index (χ0) is 14.6. The molecule has 1 amide bonds. The molecule has 0 spiro atoms. The van der Waals surface area contributed by atoms with Crippen LogP contribution in [-0.4, -0.2) is 41.8 Å². The van der Waals surface area contributed by atoms with Gasteiger partial charge in [-0.3, -0.25) is 0 Å². The molecule has 4 heteroatoms. The molecule has 0 aromatic heterocycles. The molecule has 1 aliphatic heterocycles. The molecular formula is C15H30N2O2. The highest BCUT2D eigenvalue weighted by atomic mass is 16.6. The Labute approximate surface area is 117 Å². The lowest BCUT2D eigenvalue weighted by Crippen LogP contribution is -2.56. The van der Waals surface area contributed by atoms with E-state index in [-0.39, 0.29) is 18.2 Å². The fourth-order valence-electron chi connectivity index (χ4n) is 2.85. The molecule has 1 heterocycles. The second-order valence-electron chi connectivity index (χ2n) is 6.47. The van der Waals surface area contributed by atoms with Crippen molar-refractivity contribution < 1.29 is 9.53 Å². The smallest absolute Gasteiger partial charge is 0.410 e. The third kappa shape index (κ3) is 4.37. The molecule has 0 saturated carbocycles. The molecule has 1 aliphatic rings. The molecule has 112 valence electrons. The number of carbonyl (C=O) groups excluding carboxylic acids is 1. The van der Waals surface area contributed by atoms with Crippen LogP contribution in [0, 0.1) is 0 Å². The van der Waals surface area contributed by atoms with E-state index in [1.165, 1.54) is 0 Å². The zero-order valence-electron chi connectivity index (χ0n) is 13.3. The minimum atomic E-state index is -0.423. The Morgan fingerprint density at radius 1 is 1.21 bits per heavy atom. The van der Waals surface area contributed by atoms with Gasteiger partial charge in [0.2, 0.25) is 0 Å². The van der Waals surface area contributed by atoms with E-state index >= 15 is 0 Å². The van der Waals surface area contributed by atoms with Crippen LogP contribution in [0.1, 0.15) is 60.3 Å². The van der Waals surface area contributed by atoms with E-state index < -0.39 is 5.60 Å². The van der Waals surface area contributed by atoms with Gasteiger partial charge < -0.3 is 15.0 Å². The van der Waals surface area contributed by atoms with Gasteiger partial charge in [0.05, 0.1) is 0 Å². The average molecular weight is 270 g/mol. The summed E-state index contributed by atoms with van der Waals surface area (Å²) in [6.45, 7) is 10.1. The van der Waals surface area contributed by atoms with Crippen molar-refractivity contribution in [3.63, 3.8) is 0 Å². The van der Waals surface area contributed by atoms with Crippen LogP contribution in [0.4, 0.5) is 4.79 Å². The van der Waals surface area contributed by atoms with Crippen LogP contribution in [-0.2, 0) is 4.74 Å². The highest BCUT2D eigenvalue weighted by Crippen LogP contribution is 2.28. The average Bonchev–Trinajstić information content (AvgIpc) is 2.34. The van der Waals surface area contributed by atoms with E-state index in [0.717, 1.165) is 25.7 Å². The van der Waals surface area contributed by atoms with Gasteiger partial charge >= 0.3 is 6.09 Å². The number of likely N-dealkylation sites (tertiary alicyclic amines) is 1. The van der Waals surface area contributed by atoms with Gasteiger partial charge in [-0.05, 0) is 53.5 Å². The van der Waals surface area contributed by atoms with E-state index in [2.05, 4.69) is 19.2 Å². The van der Waals surface area contributed by atoms with Crippen LogP contribution < -0.4 is 5.32 Å². The molecule has 4 nitrogen and oxygen atoms in total. The lowest BCUT2D eigenvalue weighted by Gasteiger charge is -2.45. The number of nitrogens with one attached hydrogen (secondary N) is 1. The first-order valence-corrected chi connectivity index (χ1v) is 7.50. The van der Waals surface area contributed by atoms with Crippen molar-refractivity contribution in [2.75, 3.05) is 7.05 Å². The Morgan fingerprint density at radius 3 is 2.00 bits per heavy atom. The summed E-state index contributed by atoms with van der Waals surface area (Å²) in [5, 5.41) is 3.36. The van der Waals surface area contributed by atoms with Crippen molar-refractivity contribution in [1.29, 1.82) is 0 Å². The standard InChI is InChI=1S/C15H30N2O2/c1-7-12-9-11(16-6)10-13(8-2)17(12)14(18)19-15(3,4)5/h11-13,16H,7-10H2,1-6H3/t11?,12-,13+. The number of ether oxygens (including phenoxy) is 1. The summed E-state index contributed by atoms with van der Waals surface area (Å²) in [6.07, 6.45) is 3.84. The van der Waals surface area contributed by atoms with Crippen molar-refractivity contribution in [2.45, 2.75) is 84.0 Å². The predicted octanol–water partition coefficient (Wildman–Crippen LogP) is 3.16. The van der Waals surface area contributed by atoms with Crippen molar-refractivity contribution in [2.24, 2.45) is 0 Å². The maximum absolute atomic E-state index is 12.4. The minimum absolute atomic E-state index is 0.152. The van der Waals surface area contributed by atoms with Crippen LogP contribution in [0.15, 0.2) is 0 Å². The number of carbonyl (C=O) groups is 1. The fourth-order valence-corrected chi connectivity index (χ4v) is 2.85. The minimum Gasteiger partial charge on any atom is -0.444 e. The Kier molecular flexibility index (Phi) is 5.65. The van der Waals surface area contributed by atoms with Gasteiger partial charge in [0.15, 0.2) is 0 Å². The number of piperidine rings is 1. The summed E-state index contributed by atoms with van der Waals surface area (Å²) >= 11 is 0. The number of rotatable bonds is 3. The molecule has 0 aliphatic carbocycles. The Morgan fingerprint density at radius 2 is 1.68 bits per heavy atom. The van der Waals surface area contributed by atoms with Gasteiger partial charge in [0.1, 0.15) is 5.60 Å². The molecule has 0 bridgehead atoms. The molecule has 0 aromatic carbocycles.